The fraction of sp³-hybridized carbons (Fsp3) is 0.391. The number of thiazole rings is 1. The molecule has 1 amide bonds. The topological polar surface area (TPSA) is 46.9 Å². The Balaban J connectivity index is 2.01. The maximum atomic E-state index is 12.8. The molecule has 2 aromatic heterocycles. The number of nitrogens with one attached hydrogen (secondary N) is 1. The zero-order valence-electron chi connectivity index (χ0n) is 17.3. The minimum Gasteiger partial charge on any atom is -0.350 e. The Morgan fingerprint density at radius 3 is 2.57 bits per heavy atom. The Morgan fingerprint density at radius 2 is 1.93 bits per heavy atom. The number of hydrogen-bond donors (Lipinski definition) is 1. The number of hydrogen-bond acceptors (Lipinski definition) is 3. The third-order valence-electron chi connectivity index (χ3n) is 4.94. The van der Waals surface area contributed by atoms with Crippen LogP contribution in [0.15, 0.2) is 41.8 Å². The van der Waals surface area contributed by atoms with E-state index in [0.717, 1.165) is 46.2 Å². The fourth-order valence-corrected chi connectivity index (χ4v) is 4.02. The molecule has 28 heavy (non-hydrogen) atoms. The summed E-state index contributed by atoms with van der Waals surface area (Å²) in [5.41, 5.74) is 4.80. The summed E-state index contributed by atoms with van der Waals surface area (Å²) in [5, 5.41) is 6.18. The first kappa shape index (κ1) is 20.3. The molecule has 0 saturated heterocycles. The van der Waals surface area contributed by atoms with Crippen molar-refractivity contribution in [1.82, 2.24) is 14.9 Å². The molecule has 0 radical (unpaired) electrons. The normalized spacial score (nSPS) is 12.4. The molecule has 1 atom stereocenters. The lowest BCUT2D eigenvalue weighted by molar-refractivity contribution is 0.0938. The Kier molecular flexibility index (Phi) is 6.35. The molecule has 3 rings (SSSR count). The molecule has 1 aromatic carbocycles. The van der Waals surface area contributed by atoms with Crippen molar-refractivity contribution in [1.29, 1.82) is 0 Å². The van der Waals surface area contributed by atoms with Crippen LogP contribution in [0.5, 0.6) is 0 Å². The summed E-state index contributed by atoms with van der Waals surface area (Å²) in [6.07, 6.45) is 0.914. The van der Waals surface area contributed by atoms with Gasteiger partial charge in [0.1, 0.15) is 5.01 Å². The number of amides is 1. The zero-order chi connectivity index (χ0) is 20.3. The van der Waals surface area contributed by atoms with Crippen molar-refractivity contribution in [3.05, 3.63) is 53.0 Å². The van der Waals surface area contributed by atoms with Gasteiger partial charge >= 0.3 is 0 Å². The molecule has 148 valence electrons. The molecule has 0 aliphatic heterocycles. The van der Waals surface area contributed by atoms with Gasteiger partial charge in [0.05, 0.1) is 17.0 Å². The first-order chi connectivity index (χ1) is 13.4. The second kappa shape index (κ2) is 8.74. The summed E-state index contributed by atoms with van der Waals surface area (Å²) in [6, 6.07) is 12.4. The van der Waals surface area contributed by atoms with Gasteiger partial charge in [-0.1, -0.05) is 51.1 Å². The molecular weight excluding hydrogens is 366 g/mol. The molecule has 2 heterocycles. The molecule has 0 saturated carbocycles. The van der Waals surface area contributed by atoms with Crippen LogP contribution in [0.4, 0.5) is 0 Å². The van der Waals surface area contributed by atoms with Crippen molar-refractivity contribution >= 4 is 17.2 Å². The Morgan fingerprint density at radius 1 is 1.21 bits per heavy atom. The highest BCUT2D eigenvalue weighted by atomic mass is 32.1. The van der Waals surface area contributed by atoms with Crippen LogP contribution in [0.3, 0.4) is 0 Å². The van der Waals surface area contributed by atoms with Crippen LogP contribution in [0.2, 0.25) is 0 Å². The Hall–Kier alpha value is -2.40. The van der Waals surface area contributed by atoms with Gasteiger partial charge in [-0.3, -0.25) is 4.79 Å². The molecule has 0 aliphatic carbocycles. The minimum absolute atomic E-state index is 0.00545. The van der Waals surface area contributed by atoms with Gasteiger partial charge in [0.2, 0.25) is 0 Å². The van der Waals surface area contributed by atoms with Gasteiger partial charge in [-0.2, -0.15) is 0 Å². The van der Waals surface area contributed by atoms with E-state index in [1.807, 2.05) is 38.1 Å². The van der Waals surface area contributed by atoms with E-state index < -0.39 is 0 Å². The van der Waals surface area contributed by atoms with Gasteiger partial charge < -0.3 is 9.88 Å². The smallest absolute Gasteiger partial charge is 0.253 e. The van der Waals surface area contributed by atoms with Crippen LogP contribution in [-0.4, -0.2) is 21.5 Å². The number of carbonyl (C=O) groups is 1. The van der Waals surface area contributed by atoms with Crippen molar-refractivity contribution in [3.63, 3.8) is 0 Å². The third kappa shape index (κ3) is 4.36. The number of carbonyl (C=O) groups excluding carboxylic acids is 1. The molecule has 5 heteroatoms. The number of rotatable bonds is 7. The summed E-state index contributed by atoms with van der Waals surface area (Å²) in [5.74, 6) is 0.469. The zero-order valence-corrected chi connectivity index (χ0v) is 18.1. The minimum atomic E-state index is -0.00545. The van der Waals surface area contributed by atoms with E-state index in [0.29, 0.717) is 5.92 Å². The van der Waals surface area contributed by atoms with Gasteiger partial charge in [-0.15, -0.1) is 11.3 Å². The molecule has 0 bridgehead atoms. The van der Waals surface area contributed by atoms with E-state index >= 15 is 0 Å². The Bertz CT molecular complexity index is 940. The maximum Gasteiger partial charge on any atom is 0.253 e. The van der Waals surface area contributed by atoms with Crippen LogP contribution in [0.25, 0.3) is 22.0 Å². The SMILES string of the molecule is CCC(C)NC(=O)c1cc(-c2csc(-c3ccccc3)n2)n(CC(C)C)c1C. The van der Waals surface area contributed by atoms with E-state index in [9.17, 15) is 4.79 Å². The van der Waals surface area contributed by atoms with Crippen LogP contribution >= 0.6 is 11.3 Å². The van der Waals surface area contributed by atoms with Crippen LogP contribution in [0.1, 0.15) is 50.2 Å². The predicted molar refractivity (Wildman–Crippen MR) is 118 cm³/mol. The summed E-state index contributed by atoms with van der Waals surface area (Å²) in [7, 11) is 0. The van der Waals surface area contributed by atoms with Crippen molar-refractivity contribution in [2.45, 2.75) is 53.6 Å². The van der Waals surface area contributed by atoms with Crippen molar-refractivity contribution in [3.8, 4) is 22.0 Å². The summed E-state index contributed by atoms with van der Waals surface area (Å²) in [4.78, 5) is 17.7. The Labute approximate surface area is 171 Å². The third-order valence-corrected chi connectivity index (χ3v) is 5.83. The average molecular weight is 396 g/mol. The van der Waals surface area contributed by atoms with Gasteiger partial charge in [0, 0.05) is 29.2 Å². The van der Waals surface area contributed by atoms with E-state index in [-0.39, 0.29) is 11.9 Å². The molecule has 1 N–H and O–H groups in total. The lowest BCUT2D eigenvalue weighted by Crippen LogP contribution is -2.32. The van der Waals surface area contributed by atoms with Crippen LogP contribution in [-0.2, 0) is 6.54 Å². The molecule has 0 spiro atoms. The van der Waals surface area contributed by atoms with E-state index in [4.69, 9.17) is 4.98 Å². The maximum absolute atomic E-state index is 12.8. The average Bonchev–Trinajstić information content (AvgIpc) is 3.28. The number of aromatic nitrogens is 2. The summed E-state index contributed by atoms with van der Waals surface area (Å²) < 4.78 is 2.24. The second-order valence-electron chi connectivity index (χ2n) is 7.72. The highest BCUT2D eigenvalue weighted by Crippen LogP contribution is 2.32. The molecule has 1 unspecified atom stereocenters. The fourth-order valence-electron chi connectivity index (χ4n) is 3.20. The monoisotopic (exact) mass is 395 g/mol. The van der Waals surface area contributed by atoms with Crippen molar-refractivity contribution < 1.29 is 4.79 Å². The van der Waals surface area contributed by atoms with Gasteiger partial charge in [0.25, 0.3) is 5.91 Å². The van der Waals surface area contributed by atoms with E-state index in [1.165, 1.54) is 0 Å². The number of nitrogens with zero attached hydrogens (tertiary/aromatic N) is 2. The summed E-state index contributed by atoms with van der Waals surface area (Å²) in [6.45, 7) is 11.4. The largest absolute Gasteiger partial charge is 0.350 e. The first-order valence-corrected chi connectivity index (χ1v) is 10.8. The van der Waals surface area contributed by atoms with Crippen LogP contribution < -0.4 is 5.32 Å². The van der Waals surface area contributed by atoms with Crippen molar-refractivity contribution in [2.75, 3.05) is 0 Å². The lowest BCUT2D eigenvalue weighted by atomic mass is 10.2. The lowest BCUT2D eigenvalue weighted by Gasteiger charge is -2.14. The highest BCUT2D eigenvalue weighted by molar-refractivity contribution is 7.13. The van der Waals surface area contributed by atoms with Gasteiger partial charge in [-0.25, -0.2) is 4.98 Å². The van der Waals surface area contributed by atoms with Crippen LogP contribution in [0, 0.1) is 12.8 Å². The summed E-state index contributed by atoms with van der Waals surface area (Å²) >= 11 is 1.64. The molecule has 0 aliphatic rings. The molecular formula is C23H29N3OS. The number of benzene rings is 1. The standard InChI is InChI=1S/C23H29N3OS/c1-6-16(4)24-22(27)19-12-21(26(17(19)5)13-15(2)3)20-14-28-23(25-20)18-10-8-7-9-11-18/h7-12,14-16H,6,13H2,1-5H3,(H,24,27). The molecule has 0 fully saturated rings. The quantitative estimate of drug-likeness (QED) is 0.552. The molecule has 4 nitrogen and oxygen atoms in total. The van der Waals surface area contributed by atoms with E-state index in [2.05, 4.69) is 48.2 Å². The highest BCUT2D eigenvalue weighted by Gasteiger charge is 2.21. The predicted octanol–water partition coefficient (Wildman–Crippen LogP) is 5.77. The van der Waals surface area contributed by atoms with E-state index in [1.54, 1.807) is 11.3 Å². The second-order valence-corrected chi connectivity index (χ2v) is 8.58. The van der Waals surface area contributed by atoms with Crippen molar-refractivity contribution in [2.24, 2.45) is 5.92 Å². The first-order valence-electron chi connectivity index (χ1n) is 9.93. The van der Waals surface area contributed by atoms with Gasteiger partial charge in [-0.05, 0) is 32.3 Å². The molecule has 3 aromatic rings. The van der Waals surface area contributed by atoms with Gasteiger partial charge in [0.15, 0.2) is 0 Å².